The van der Waals surface area contributed by atoms with Crippen molar-refractivity contribution in [3.05, 3.63) is 75.8 Å². The highest BCUT2D eigenvalue weighted by Gasteiger charge is 2.08. The van der Waals surface area contributed by atoms with Crippen molar-refractivity contribution in [2.24, 2.45) is 0 Å². The summed E-state index contributed by atoms with van der Waals surface area (Å²) in [7, 11) is 0. The number of nitro groups is 1. The minimum absolute atomic E-state index is 0.00493. The summed E-state index contributed by atoms with van der Waals surface area (Å²) in [5.41, 5.74) is 2.13. The van der Waals surface area contributed by atoms with Crippen LogP contribution in [-0.4, -0.2) is 10.8 Å². The van der Waals surface area contributed by atoms with Crippen molar-refractivity contribution < 1.29 is 9.72 Å². The van der Waals surface area contributed by atoms with Crippen LogP contribution < -0.4 is 5.32 Å². The van der Waals surface area contributed by atoms with Crippen LogP contribution in [0, 0.1) is 17.0 Å². The third-order valence-electron chi connectivity index (χ3n) is 2.91. The van der Waals surface area contributed by atoms with Gasteiger partial charge in [0.05, 0.1) is 4.92 Å². The van der Waals surface area contributed by atoms with Gasteiger partial charge in [0, 0.05) is 23.9 Å². The number of nitrogens with zero attached hydrogens (tertiary/aromatic N) is 1. The van der Waals surface area contributed by atoms with Crippen molar-refractivity contribution in [3.63, 3.8) is 0 Å². The van der Waals surface area contributed by atoms with Gasteiger partial charge in [0.15, 0.2) is 0 Å². The van der Waals surface area contributed by atoms with Crippen molar-refractivity contribution in [1.29, 1.82) is 0 Å². The number of aryl methyl sites for hydroxylation is 1. The van der Waals surface area contributed by atoms with Crippen LogP contribution in [0.4, 0.5) is 11.4 Å². The number of hydrogen-bond acceptors (Lipinski definition) is 3. The van der Waals surface area contributed by atoms with E-state index in [1.54, 1.807) is 13.0 Å². The maximum absolute atomic E-state index is 11.8. The smallest absolute Gasteiger partial charge is 0.269 e. The summed E-state index contributed by atoms with van der Waals surface area (Å²) in [4.78, 5) is 22.0. The van der Waals surface area contributed by atoms with Crippen molar-refractivity contribution in [1.82, 2.24) is 0 Å². The van der Waals surface area contributed by atoms with Gasteiger partial charge in [0.2, 0.25) is 5.91 Å². The molecule has 106 valence electrons. The zero-order valence-electron chi connectivity index (χ0n) is 11.4. The standard InChI is InChI=1S/C16H14N2O3/c1-12-11-14(18(20)21)8-9-15(12)17-16(19)10-7-13-5-3-2-4-6-13/h2-11H,1H3,(H,17,19)/b10-7-. The molecule has 5 heteroatoms. The molecule has 0 saturated heterocycles. The van der Waals surface area contributed by atoms with E-state index in [0.717, 1.165) is 5.56 Å². The lowest BCUT2D eigenvalue weighted by molar-refractivity contribution is -0.384. The Kier molecular flexibility index (Phi) is 4.46. The van der Waals surface area contributed by atoms with E-state index in [9.17, 15) is 14.9 Å². The maximum Gasteiger partial charge on any atom is 0.269 e. The summed E-state index contributed by atoms with van der Waals surface area (Å²) in [5, 5.41) is 13.4. The average molecular weight is 282 g/mol. The van der Waals surface area contributed by atoms with Gasteiger partial charge in [0.1, 0.15) is 0 Å². The van der Waals surface area contributed by atoms with E-state index in [1.807, 2.05) is 30.3 Å². The molecule has 0 saturated carbocycles. The molecular weight excluding hydrogens is 268 g/mol. The first kappa shape index (κ1) is 14.5. The summed E-state index contributed by atoms with van der Waals surface area (Å²) in [6, 6.07) is 13.8. The SMILES string of the molecule is Cc1cc([N+](=O)[O-])ccc1NC(=O)/C=C\c1ccccc1. The highest BCUT2D eigenvalue weighted by atomic mass is 16.6. The Balaban J connectivity index is 2.06. The fourth-order valence-corrected chi connectivity index (χ4v) is 1.81. The van der Waals surface area contributed by atoms with Gasteiger partial charge in [-0.25, -0.2) is 0 Å². The van der Waals surface area contributed by atoms with Crippen LogP contribution >= 0.6 is 0 Å². The monoisotopic (exact) mass is 282 g/mol. The quantitative estimate of drug-likeness (QED) is 0.529. The predicted molar refractivity (Wildman–Crippen MR) is 81.9 cm³/mol. The molecule has 5 nitrogen and oxygen atoms in total. The van der Waals surface area contributed by atoms with Crippen LogP contribution in [0.25, 0.3) is 6.08 Å². The topological polar surface area (TPSA) is 72.2 Å². The fraction of sp³-hybridized carbons (Fsp3) is 0.0625. The van der Waals surface area contributed by atoms with Crippen LogP contribution in [-0.2, 0) is 4.79 Å². The van der Waals surface area contributed by atoms with E-state index < -0.39 is 4.92 Å². The van der Waals surface area contributed by atoms with Crippen molar-refractivity contribution in [2.75, 3.05) is 5.32 Å². The zero-order chi connectivity index (χ0) is 15.2. The van der Waals surface area contributed by atoms with Crippen LogP contribution in [0.2, 0.25) is 0 Å². The number of non-ortho nitro benzene ring substituents is 1. The molecule has 21 heavy (non-hydrogen) atoms. The maximum atomic E-state index is 11.8. The molecule has 0 spiro atoms. The molecule has 2 aromatic carbocycles. The summed E-state index contributed by atoms with van der Waals surface area (Å²) in [6.07, 6.45) is 3.13. The molecule has 0 unspecified atom stereocenters. The van der Waals surface area contributed by atoms with E-state index >= 15 is 0 Å². The molecule has 2 rings (SSSR count). The fourth-order valence-electron chi connectivity index (χ4n) is 1.81. The first-order valence-electron chi connectivity index (χ1n) is 6.35. The number of carbonyl (C=O) groups excluding carboxylic acids is 1. The van der Waals surface area contributed by atoms with Crippen LogP contribution in [0.3, 0.4) is 0 Å². The number of nitro benzene ring substituents is 1. The largest absolute Gasteiger partial charge is 0.322 e. The lowest BCUT2D eigenvalue weighted by Crippen LogP contribution is -2.09. The third kappa shape index (κ3) is 4.01. The van der Waals surface area contributed by atoms with Gasteiger partial charge in [-0.15, -0.1) is 0 Å². The molecule has 1 amide bonds. The molecule has 0 heterocycles. The summed E-state index contributed by atoms with van der Waals surface area (Å²) in [6.45, 7) is 1.71. The molecule has 0 fully saturated rings. The molecule has 0 bridgehead atoms. The summed E-state index contributed by atoms with van der Waals surface area (Å²) >= 11 is 0. The second-order valence-corrected chi connectivity index (χ2v) is 4.49. The first-order valence-corrected chi connectivity index (χ1v) is 6.35. The molecular formula is C16H14N2O3. The number of benzene rings is 2. The van der Waals surface area contributed by atoms with Gasteiger partial charge >= 0.3 is 0 Å². The minimum atomic E-state index is -0.464. The average Bonchev–Trinajstić information content (AvgIpc) is 2.48. The lowest BCUT2D eigenvalue weighted by Gasteiger charge is -2.05. The van der Waals surface area contributed by atoms with Crippen molar-refractivity contribution >= 4 is 23.4 Å². The van der Waals surface area contributed by atoms with Crippen LogP contribution in [0.5, 0.6) is 0 Å². The van der Waals surface area contributed by atoms with E-state index in [1.165, 1.54) is 24.3 Å². The molecule has 2 aromatic rings. The summed E-state index contributed by atoms with van der Waals surface area (Å²) in [5.74, 6) is -0.282. The van der Waals surface area contributed by atoms with Crippen LogP contribution in [0.15, 0.2) is 54.6 Å². The highest BCUT2D eigenvalue weighted by Crippen LogP contribution is 2.21. The van der Waals surface area contributed by atoms with E-state index in [0.29, 0.717) is 11.3 Å². The van der Waals surface area contributed by atoms with Gasteiger partial charge in [-0.2, -0.15) is 0 Å². The van der Waals surface area contributed by atoms with Gasteiger partial charge in [-0.05, 0) is 30.2 Å². The van der Waals surface area contributed by atoms with Crippen molar-refractivity contribution in [2.45, 2.75) is 6.92 Å². The Morgan fingerprint density at radius 1 is 1.19 bits per heavy atom. The Morgan fingerprint density at radius 3 is 2.52 bits per heavy atom. The Hall–Kier alpha value is -2.95. The van der Waals surface area contributed by atoms with E-state index in [-0.39, 0.29) is 11.6 Å². The molecule has 1 N–H and O–H groups in total. The number of nitrogens with one attached hydrogen (secondary N) is 1. The molecule has 0 aliphatic carbocycles. The number of carbonyl (C=O) groups is 1. The second kappa shape index (κ2) is 6.47. The number of rotatable bonds is 4. The van der Waals surface area contributed by atoms with Gasteiger partial charge < -0.3 is 5.32 Å². The normalized spacial score (nSPS) is 10.5. The molecule has 0 radical (unpaired) electrons. The minimum Gasteiger partial charge on any atom is -0.322 e. The van der Waals surface area contributed by atoms with Gasteiger partial charge in [0.25, 0.3) is 5.69 Å². The number of hydrogen-bond donors (Lipinski definition) is 1. The van der Waals surface area contributed by atoms with Crippen molar-refractivity contribution in [3.8, 4) is 0 Å². The Bertz CT molecular complexity index is 694. The van der Waals surface area contributed by atoms with E-state index in [2.05, 4.69) is 5.32 Å². The van der Waals surface area contributed by atoms with E-state index in [4.69, 9.17) is 0 Å². The van der Waals surface area contributed by atoms with Gasteiger partial charge in [-0.3, -0.25) is 14.9 Å². The predicted octanol–water partition coefficient (Wildman–Crippen LogP) is 3.56. The Morgan fingerprint density at radius 2 is 1.90 bits per heavy atom. The molecule has 0 aliphatic rings. The zero-order valence-corrected chi connectivity index (χ0v) is 11.4. The third-order valence-corrected chi connectivity index (χ3v) is 2.91. The Labute approximate surface area is 122 Å². The summed E-state index contributed by atoms with van der Waals surface area (Å²) < 4.78 is 0. The molecule has 0 aromatic heterocycles. The lowest BCUT2D eigenvalue weighted by atomic mass is 10.1. The molecule has 0 atom stereocenters. The highest BCUT2D eigenvalue weighted by molar-refractivity contribution is 6.02. The van der Waals surface area contributed by atoms with Crippen LogP contribution in [0.1, 0.15) is 11.1 Å². The second-order valence-electron chi connectivity index (χ2n) is 4.49. The number of anilines is 1. The number of amides is 1. The molecule has 0 aliphatic heterocycles. The first-order chi connectivity index (χ1) is 10.1. The van der Waals surface area contributed by atoms with Gasteiger partial charge in [-0.1, -0.05) is 30.3 Å².